The largest absolute Gasteiger partial charge is 0.426 e. The number of aliphatic hydroxyl groups is 1. The molecule has 1 aliphatic heterocycles. The lowest BCUT2D eigenvalue weighted by Gasteiger charge is -2.52. The average molecular weight is 320 g/mol. The second-order valence-electron chi connectivity index (χ2n) is 8.76. The summed E-state index contributed by atoms with van der Waals surface area (Å²) < 4.78 is 5.38. The van der Waals surface area contributed by atoms with Gasteiger partial charge in [0.2, 0.25) is 5.79 Å². The monoisotopic (exact) mass is 320 g/mol. The highest BCUT2D eigenvalue weighted by atomic mass is 16.7. The van der Waals surface area contributed by atoms with E-state index in [1.165, 1.54) is 0 Å². The Balaban J connectivity index is 2.06. The van der Waals surface area contributed by atoms with Crippen molar-refractivity contribution < 1.29 is 19.4 Å². The van der Waals surface area contributed by atoms with Gasteiger partial charge in [0.05, 0.1) is 0 Å². The molecule has 0 unspecified atom stereocenters. The molecule has 4 nitrogen and oxygen atoms in total. The van der Waals surface area contributed by atoms with E-state index in [0.29, 0.717) is 29.9 Å². The number of ketones is 1. The van der Waals surface area contributed by atoms with Gasteiger partial charge in [-0.3, -0.25) is 4.79 Å². The molecule has 128 valence electrons. The summed E-state index contributed by atoms with van der Waals surface area (Å²) in [7, 11) is 0. The van der Waals surface area contributed by atoms with Crippen molar-refractivity contribution in [3.63, 3.8) is 0 Å². The summed E-state index contributed by atoms with van der Waals surface area (Å²) in [5.74, 6) is -1.63. The van der Waals surface area contributed by atoms with Crippen LogP contribution in [-0.4, -0.2) is 22.6 Å². The molecule has 23 heavy (non-hydrogen) atoms. The van der Waals surface area contributed by atoms with E-state index in [9.17, 15) is 14.7 Å². The number of rotatable bonds is 0. The first kappa shape index (κ1) is 16.7. The lowest BCUT2D eigenvalue weighted by atomic mass is 9.53. The first-order chi connectivity index (χ1) is 10.6. The molecule has 0 spiro atoms. The number of carbonyl (C=O) groups is 2. The van der Waals surface area contributed by atoms with Crippen LogP contribution in [0.2, 0.25) is 0 Å². The Morgan fingerprint density at radius 3 is 2.57 bits per heavy atom. The SMILES string of the molecule is CC1=C2CC(=O)CC[C@H]3C(C)(C)CCC[C@]3(C)C[C@@]2(O)OC1=O. The molecule has 1 N–H and O–H groups in total. The molecule has 1 heterocycles. The molecule has 4 heteroatoms. The Morgan fingerprint density at radius 2 is 1.87 bits per heavy atom. The third kappa shape index (κ3) is 2.65. The van der Waals surface area contributed by atoms with E-state index in [1.807, 2.05) is 0 Å². The molecule has 0 aromatic rings. The van der Waals surface area contributed by atoms with Gasteiger partial charge in [-0.15, -0.1) is 0 Å². The second-order valence-corrected chi connectivity index (χ2v) is 8.76. The maximum atomic E-state index is 12.4. The van der Waals surface area contributed by atoms with Crippen molar-refractivity contribution >= 4 is 11.8 Å². The van der Waals surface area contributed by atoms with Gasteiger partial charge >= 0.3 is 5.97 Å². The topological polar surface area (TPSA) is 63.6 Å². The standard InChI is InChI=1S/C19H28O4/c1-12-14-10-13(20)6-7-15-17(2,3)8-5-9-18(15,4)11-19(14,22)23-16(12)21/h15,22H,5-11H2,1-4H3/t15-,18+,19+/m0/s1. The summed E-state index contributed by atoms with van der Waals surface area (Å²) in [4.78, 5) is 24.4. The first-order valence-corrected chi connectivity index (χ1v) is 8.75. The van der Waals surface area contributed by atoms with Gasteiger partial charge in [0, 0.05) is 30.4 Å². The molecule has 0 aromatic heterocycles. The minimum absolute atomic E-state index is 0.0988. The van der Waals surface area contributed by atoms with Crippen molar-refractivity contribution in [2.45, 2.75) is 78.4 Å². The second kappa shape index (κ2) is 5.17. The van der Waals surface area contributed by atoms with E-state index < -0.39 is 11.8 Å². The predicted octanol–water partition coefficient (Wildman–Crippen LogP) is 3.52. The van der Waals surface area contributed by atoms with Crippen LogP contribution in [0.5, 0.6) is 0 Å². The van der Waals surface area contributed by atoms with Crippen LogP contribution in [-0.2, 0) is 14.3 Å². The highest BCUT2D eigenvalue weighted by Crippen LogP contribution is 2.58. The number of carbonyl (C=O) groups excluding carboxylic acids is 2. The average Bonchev–Trinajstić information content (AvgIpc) is 2.62. The summed E-state index contributed by atoms with van der Waals surface area (Å²) >= 11 is 0. The van der Waals surface area contributed by atoms with Gasteiger partial charge in [-0.2, -0.15) is 0 Å². The number of Topliss-reactive ketones (excluding diaryl/α,β-unsaturated/α-hetero) is 1. The lowest BCUT2D eigenvalue weighted by molar-refractivity contribution is -0.200. The van der Waals surface area contributed by atoms with Gasteiger partial charge < -0.3 is 9.84 Å². The molecular formula is C19H28O4. The van der Waals surface area contributed by atoms with Crippen molar-refractivity contribution in [2.75, 3.05) is 0 Å². The normalized spacial score (nSPS) is 40.7. The highest BCUT2D eigenvalue weighted by molar-refractivity contribution is 5.94. The Hall–Kier alpha value is -1.16. The van der Waals surface area contributed by atoms with E-state index in [0.717, 1.165) is 25.7 Å². The maximum Gasteiger partial charge on any atom is 0.336 e. The van der Waals surface area contributed by atoms with Crippen molar-refractivity contribution in [3.8, 4) is 0 Å². The van der Waals surface area contributed by atoms with Crippen LogP contribution >= 0.6 is 0 Å². The fourth-order valence-electron chi connectivity index (χ4n) is 5.45. The van der Waals surface area contributed by atoms with Gasteiger partial charge in [0.1, 0.15) is 5.78 Å². The van der Waals surface area contributed by atoms with Crippen molar-refractivity contribution in [2.24, 2.45) is 16.7 Å². The summed E-state index contributed by atoms with van der Waals surface area (Å²) in [6, 6.07) is 0. The molecule has 0 saturated heterocycles. The zero-order valence-electron chi connectivity index (χ0n) is 14.7. The predicted molar refractivity (Wildman–Crippen MR) is 86.4 cm³/mol. The van der Waals surface area contributed by atoms with Crippen LogP contribution in [0.3, 0.4) is 0 Å². The molecule has 3 aliphatic rings. The lowest BCUT2D eigenvalue weighted by Crippen LogP contribution is -2.47. The van der Waals surface area contributed by atoms with Crippen molar-refractivity contribution in [1.29, 1.82) is 0 Å². The molecule has 2 aliphatic carbocycles. The van der Waals surface area contributed by atoms with Gasteiger partial charge in [-0.25, -0.2) is 4.79 Å². The van der Waals surface area contributed by atoms with Gasteiger partial charge in [-0.05, 0) is 42.9 Å². The fraction of sp³-hybridized carbons (Fsp3) is 0.789. The van der Waals surface area contributed by atoms with Gasteiger partial charge in [-0.1, -0.05) is 27.2 Å². The summed E-state index contributed by atoms with van der Waals surface area (Å²) in [5, 5.41) is 11.1. The van der Waals surface area contributed by atoms with E-state index in [2.05, 4.69) is 20.8 Å². The molecule has 0 aromatic carbocycles. The molecule has 2 saturated carbocycles. The number of hydrogen-bond donors (Lipinski definition) is 1. The molecular weight excluding hydrogens is 292 g/mol. The number of hydrogen-bond acceptors (Lipinski definition) is 4. The smallest absolute Gasteiger partial charge is 0.336 e. The molecule has 2 fully saturated rings. The van der Waals surface area contributed by atoms with E-state index in [4.69, 9.17) is 4.74 Å². The van der Waals surface area contributed by atoms with Crippen LogP contribution in [0.15, 0.2) is 11.1 Å². The molecule has 0 bridgehead atoms. The van der Waals surface area contributed by atoms with Crippen LogP contribution < -0.4 is 0 Å². The van der Waals surface area contributed by atoms with Crippen LogP contribution in [0.4, 0.5) is 0 Å². The van der Waals surface area contributed by atoms with Gasteiger partial charge in [0.15, 0.2) is 0 Å². The van der Waals surface area contributed by atoms with E-state index in [-0.39, 0.29) is 23.0 Å². The Labute approximate surface area is 138 Å². The third-order valence-electron chi connectivity index (χ3n) is 6.57. The number of esters is 1. The molecule has 3 atom stereocenters. The van der Waals surface area contributed by atoms with Crippen molar-refractivity contribution in [1.82, 2.24) is 0 Å². The quantitative estimate of drug-likeness (QED) is 0.694. The molecule has 3 rings (SSSR count). The fourth-order valence-corrected chi connectivity index (χ4v) is 5.45. The molecule has 0 radical (unpaired) electrons. The van der Waals surface area contributed by atoms with E-state index in [1.54, 1.807) is 6.92 Å². The Morgan fingerprint density at radius 1 is 1.17 bits per heavy atom. The van der Waals surface area contributed by atoms with Crippen molar-refractivity contribution in [3.05, 3.63) is 11.1 Å². The third-order valence-corrected chi connectivity index (χ3v) is 6.57. The minimum atomic E-state index is -1.60. The highest BCUT2D eigenvalue weighted by Gasteiger charge is 2.55. The zero-order valence-corrected chi connectivity index (χ0v) is 14.7. The first-order valence-electron chi connectivity index (χ1n) is 8.75. The number of ether oxygens (including phenoxy) is 1. The number of fused-ring (bicyclic) bond motifs is 2. The summed E-state index contributed by atoms with van der Waals surface area (Å²) in [5.41, 5.74) is 0.919. The summed E-state index contributed by atoms with van der Waals surface area (Å²) in [6.07, 6.45) is 5.17. The Bertz CT molecular complexity index is 588. The molecule has 0 amide bonds. The van der Waals surface area contributed by atoms with Gasteiger partial charge in [0.25, 0.3) is 0 Å². The minimum Gasteiger partial charge on any atom is -0.426 e. The zero-order chi connectivity index (χ0) is 17.0. The Kier molecular flexibility index (Phi) is 3.75. The van der Waals surface area contributed by atoms with Crippen LogP contribution in [0.25, 0.3) is 0 Å². The maximum absolute atomic E-state index is 12.4. The van der Waals surface area contributed by atoms with E-state index >= 15 is 0 Å². The summed E-state index contributed by atoms with van der Waals surface area (Å²) in [6.45, 7) is 8.39. The van der Waals surface area contributed by atoms with Crippen LogP contribution in [0, 0.1) is 16.7 Å². The van der Waals surface area contributed by atoms with Crippen LogP contribution in [0.1, 0.15) is 72.6 Å².